The molecule has 9 heteroatoms. The first-order chi connectivity index (χ1) is 18.2. The molecule has 8 atom stereocenters. The molecule has 0 bridgehead atoms. The van der Waals surface area contributed by atoms with Crippen LogP contribution in [0.15, 0.2) is 16.3 Å². The fourth-order valence-electron chi connectivity index (χ4n) is 6.21. The number of hydrogen-bond donors (Lipinski definition) is 2. The molecule has 3 unspecified atom stereocenters. The molecule has 3 aliphatic rings. The molecule has 3 saturated heterocycles. The number of carbonyl (C=O) groups is 2. The normalized spacial score (nSPS) is 40.1. The topological polar surface area (TPSA) is 135 Å². The van der Waals surface area contributed by atoms with Crippen molar-refractivity contribution in [2.75, 3.05) is 6.61 Å². The van der Waals surface area contributed by atoms with Gasteiger partial charge in [-0.25, -0.2) is 4.98 Å². The van der Waals surface area contributed by atoms with Crippen molar-refractivity contribution in [3.05, 3.63) is 23.4 Å². The minimum Gasteiger partial charge on any atom is -0.458 e. The van der Waals surface area contributed by atoms with Crippen molar-refractivity contribution in [3.63, 3.8) is 0 Å². The Morgan fingerprint density at radius 2 is 1.92 bits per heavy atom. The van der Waals surface area contributed by atoms with Crippen molar-refractivity contribution in [2.24, 2.45) is 17.3 Å². The Hall–Kier alpha value is -2.07. The lowest BCUT2D eigenvalue weighted by Gasteiger charge is -2.35. The summed E-state index contributed by atoms with van der Waals surface area (Å²) < 4.78 is 23.2. The molecule has 0 aliphatic carbocycles. The van der Waals surface area contributed by atoms with E-state index in [2.05, 4.69) is 18.8 Å². The number of rotatable bonds is 4. The first-order valence-corrected chi connectivity index (χ1v) is 14.2. The number of Topliss-reactive ketones (excluding diaryl/α,β-unsaturated/α-hetero) is 1. The summed E-state index contributed by atoms with van der Waals surface area (Å²) in [5.74, 6) is -1.27. The second kappa shape index (κ2) is 11.1. The van der Waals surface area contributed by atoms with E-state index in [0.717, 1.165) is 31.3 Å². The first kappa shape index (κ1) is 29.9. The Labute approximate surface area is 231 Å². The molecule has 4 heterocycles. The highest BCUT2D eigenvalue weighted by atomic mass is 16.6. The van der Waals surface area contributed by atoms with Gasteiger partial charge in [0.1, 0.15) is 29.4 Å². The first-order valence-electron chi connectivity index (χ1n) is 14.2. The van der Waals surface area contributed by atoms with Crippen LogP contribution in [0.3, 0.4) is 0 Å². The van der Waals surface area contributed by atoms with Crippen LogP contribution in [-0.4, -0.2) is 69.2 Å². The summed E-state index contributed by atoms with van der Waals surface area (Å²) in [6.07, 6.45) is 3.39. The minimum absolute atomic E-state index is 0.142. The molecule has 218 valence electrons. The highest BCUT2D eigenvalue weighted by Gasteiger charge is 2.65. The number of aryl methyl sites for hydroxylation is 1. The van der Waals surface area contributed by atoms with Gasteiger partial charge in [0, 0.05) is 13.3 Å². The number of ether oxygens (including phenoxy) is 3. The van der Waals surface area contributed by atoms with Gasteiger partial charge >= 0.3 is 5.97 Å². The summed E-state index contributed by atoms with van der Waals surface area (Å²) in [7, 11) is 0. The lowest BCUT2D eigenvalue weighted by Crippen LogP contribution is -2.48. The molecule has 4 rings (SSSR count). The summed E-state index contributed by atoms with van der Waals surface area (Å²) in [6, 6.07) is 0. The van der Waals surface area contributed by atoms with Crippen molar-refractivity contribution < 1.29 is 38.4 Å². The van der Waals surface area contributed by atoms with Crippen molar-refractivity contribution in [1.29, 1.82) is 0 Å². The Bertz CT molecular complexity index is 1090. The van der Waals surface area contributed by atoms with Crippen LogP contribution in [0.4, 0.5) is 0 Å². The predicted molar refractivity (Wildman–Crippen MR) is 144 cm³/mol. The maximum Gasteiger partial charge on any atom is 0.309 e. The molecule has 3 aliphatic heterocycles. The van der Waals surface area contributed by atoms with Gasteiger partial charge in [-0.2, -0.15) is 0 Å². The molecule has 39 heavy (non-hydrogen) atoms. The number of aliphatic hydroxyl groups is 2. The smallest absolute Gasteiger partial charge is 0.309 e. The molecule has 0 radical (unpaired) electrons. The lowest BCUT2D eigenvalue weighted by molar-refractivity contribution is -0.155. The zero-order valence-electron chi connectivity index (χ0n) is 24.4. The number of hydrogen-bond acceptors (Lipinski definition) is 9. The summed E-state index contributed by atoms with van der Waals surface area (Å²) >= 11 is 0. The fourth-order valence-corrected chi connectivity index (χ4v) is 6.21. The molecule has 0 amide bonds. The Morgan fingerprint density at radius 1 is 1.23 bits per heavy atom. The van der Waals surface area contributed by atoms with Gasteiger partial charge in [0.2, 0.25) is 0 Å². The van der Waals surface area contributed by atoms with Gasteiger partial charge < -0.3 is 28.8 Å². The van der Waals surface area contributed by atoms with Crippen LogP contribution in [0, 0.1) is 24.2 Å². The average Bonchev–Trinajstić information content (AvgIpc) is 3.75. The number of cyclic esters (lactones) is 1. The summed E-state index contributed by atoms with van der Waals surface area (Å²) in [6.45, 7) is 13.4. The van der Waals surface area contributed by atoms with Crippen molar-refractivity contribution in [1.82, 2.24) is 4.98 Å². The SMILES string of the molecule is CCC12C[C@@H](C(C)=Cc3coc(C)n3)OC(=O)C[C@H](O)C(C)(C)C(=O)[C@@H](C3CO3)[C@H](O)[C@@H](C)CCCC1(C)O2. The van der Waals surface area contributed by atoms with Crippen LogP contribution in [0.25, 0.3) is 6.08 Å². The number of aromatic nitrogens is 1. The van der Waals surface area contributed by atoms with E-state index in [1.54, 1.807) is 27.0 Å². The number of esters is 1. The van der Waals surface area contributed by atoms with Crippen LogP contribution in [0.2, 0.25) is 0 Å². The van der Waals surface area contributed by atoms with E-state index >= 15 is 0 Å². The van der Waals surface area contributed by atoms with Crippen molar-refractivity contribution in [3.8, 4) is 0 Å². The van der Waals surface area contributed by atoms with Crippen molar-refractivity contribution >= 4 is 17.8 Å². The van der Waals surface area contributed by atoms with Crippen molar-refractivity contribution in [2.45, 2.75) is 123 Å². The average molecular weight is 548 g/mol. The predicted octanol–water partition coefficient (Wildman–Crippen LogP) is 4.17. The van der Waals surface area contributed by atoms with E-state index in [0.29, 0.717) is 24.6 Å². The highest BCUT2D eigenvalue weighted by Crippen LogP contribution is 2.57. The Kier molecular flexibility index (Phi) is 8.49. The third kappa shape index (κ3) is 6.16. The monoisotopic (exact) mass is 547 g/mol. The number of ketones is 1. The van der Waals surface area contributed by atoms with E-state index < -0.39 is 46.8 Å². The van der Waals surface area contributed by atoms with Gasteiger partial charge in [0.25, 0.3) is 0 Å². The van der Waals surface area contributed by atoms with Crippen LogP contribution < -0.4 is 0 Å². The van der Waals surface area contributed by atoms with Crippen LogP contribution >= 0.6 is 0 Å². The van der Waals surface area contributed by atoms with Gasteiger partial charge in [-0.05, 0) is 50.7 Å². The van der Waals surface area contributed by atoms with Gasteiger partial charge in [-0.3, -0.25) is 9.59 Å². The van der Waals surface area contributed by atoms with Crippen LogP contribution in [0.1, 0.15) is 91.7 Å². The van der Waals surface area contributed by atoms with E-state index in [9.17, 15) is 19.8 Å². The summed E-state index contributed by atoms with van der Waals surface area (Å²) in [4.78, 5) is 31.3. The molecule has 9 nitrogen and oxygen atoms in total. The minimum atomic E-state index is -1.29. The fraction of sp³-hybridized carbons (Fsp3) is 0.767. The maximum absolute atomic E-state index is 13.7. The van der Waals surface area contributed by atoms with E-state index in [4.69, 9.17) is 18.6 Å². The highest BCUT2D eigenvalue weighted by molar-refractivity contribution is 5.89. The zero-order chi connectivity index (χ0) is 28.8. The van der Waals surface area contributed by atoms with E-state index in [1.165, 1.54) is 0 Å². The third-order valence-corrected chi connectivity index (χ3v) is 9.38. The molecule has 3 fully saturated rings. The molecule has 1 aromatic heterocycles. The summed E-state index contributed by atoms with van der Waals surface area (Å²) in [5.41, 5.74) is -0.726. The third-order valence-electron chi connectivity index (χ3n) is 9.38. The van der Waals surface area contributed by atoms with Crippen LogP contribution in [0.5, 0.6) is 0 Å². The van der Waals surface area contributed by atoms with Crippen LogP contribution in [-0.2, 0) is 23.8 Å². The molecule has 2 N–H and O–H groups in total. The lowest BCUT2D eigenvalue weighted by atomic mass is 9.71. The van der Waals surface area contributed by atoms with Gasteiger partial charge in [0.15, 0.2) is 5.89 Å². The second-order valence-corrected chi connectivity index (χ2v) is 12.6. The molecular weight excluding hydrogens is 502 g/mol. The number of aliphatic hydroxyl groups excluding tert-OH is 2. The Balaban J connectivity index is 1.64. The van der Waals surface area contributed by atoms with Gasteiger partial charge in [-0.1, -0.05) is 34.1 Å². The quantitative estimate of drug-likeness (QED) is 0.421. The number of carbonyl (C=O) groups excluding carboxylic acids is 2. The number of epoxide rings is 2. The van der Waals surface area contributed by atoms with E-state index in [1.807, 2.05) is 19.9 Å². The van der Waals surface area contributed by atoms with Gasteiger partial charge in [-0.15, -0.1) is 0 Å². The largest absolute Gasteiger partial charge is 0.458 e. The molecule has 0 saturated carbocycles. The summed E-state index contributed by atoms with van der Waals surface area (Å²) in [5, 5.41) is 22.3. The molecule has 1 aromatic rings. The molecule has 0 spiro atoms. The molecule has 0 aromatic carbocycles. The standard InChI is InChI=1S/C30H45NO8/c1-8-30-14-21(18(3)12-20-15-36-19(4)31-20)38-24(33)13-23(32)28(5,6)27(35)25(22-16-37-22)26(34)17(2)10-9-11-29(30,7)39-30/h12,15,17,21-23,25-26,32,34H,8-11,13-14,16H2,1-7H3/t17-,21-,22?,23-,25-,26+,29?,30?/m0/s1. The molecular formula is C30H45NO8. The van der Waals surface area contributed by atoms with Gasteiger partial charge in [0.05, 0.1) is 48.3 Å². The number of nitrogens with zero attached hydrogens (tertiary/aromatic N) is 1. The second-order valence-electron chi connectivity index (χ2n) is 12.6. The Morgan fingerprint density at radius 3 is 2.51 bits per heavy atom. The van der Waals surface area contributed by atoms with E-state index in [-0.39, 0.29) is 24.2 Å². The maximum atomic E-state index is 13.7. The number of fused-ring (bicyclic) bond motifs is 1. The number of oxazole rings is 1. The zero-order valence-corrected chi connectivity index (χ0v) is 24.4.